The molecular formula is C17H22N4O4. The number of carbonyl (C=O) groups excluding carboxylic acids is 2. The molecule has 1 atom stereocenters. The summed E-state index contributed by atoms with van der Waals surface area (Å²) >= 11 is 0. The summed E-state index contributed by atoms with van der Waals surface area (Å²) in [7, 11) is 1.59. The zero-order valence-corrected chi connectivity index (χ0v) is 14.3. The summed E-state index contributed by atoms with van der Waals surface area (Å²) in [6.07, 6.45) is 4.02. The van der Waals surface area contributed by atoms with Crippen molar-refractivity contribution in [3.63, 3.8) is 0 Å². The summed E-state index contributed by atoms with van der Waals surface area (Å²) in [5, 5.41) is 2.96. The highest BCUT2D eigenvalue weighted by Gasteiger charge is 2.45. The Labute approximate surface area is 146 Å². The molecule has 1 N–H and O–H groups in total. The Bertz CT molecular complexity index is 710. The van der Waals surface area contributed by atoms with Crippen molar-refractivity contribution in [1.82, 2.24) is 10.3 Å². The molecule has 8 nitrogen and oxygen atoms in total. The van der Waals surface area contributed by atoms with Crippen molar-refractivity contribution in [2.24, 2.45) is 5.41 Å². The molecule has 1 aromatic heterocycles. The highest BCUT2D eigenvalue weighted by Crippen LogP contribution is 2.40. The maximum atomic E-state index is 12.3. The van der Waals surface area contributed by atoms with E-state index in [0.29, 0.717) is 31.1 Å². The van der Waals surface area contributed by atoms with Crippen molar-refractivity contribution in [2.45, 2.75) is 19.3 Å². The van der Waals surface area contributed by atoms with Gasteiger partial charge >= 0.3 is 6.09 Å². The van der Waals surface area contributed by atoms with Crippen LogP contribution in [0.5, 0.6) is 5.75 Å². The molecule has 3 saturated heterocycles. The van der Waals surface area contributed by atoms with Crippen LogP contribution in [0.2, 0.25) is 0 Å². The first kappa shape index (κ1) is 16.0. The van der Waals surface area contributed by atoms with E-state index in [9.17, 15) is 9.59 Å². The van der Waals surface area contributed by atoms with Gasteiger partial charge in [-0.15, -0.1) is 0 Å². The molecule has 1 unspecified atom stereocenters. The van der Waals surface area contributed by atoms with Gasteiger partial charge in [-0.2, -0.15) is 0 Å². The number of cyclic esters (lactones) is 1. The number of aromatic nitrogens is 1. The lowest BCUT2D eigenvalue weighted by Crippen LogP contribution is -2.47. The lowest BCUT2D eigenvalue weighted by atomic mass is 9.78. The molecule has 0 aliphatic carbocycles. The van der Waals surface area contributed by atoms with E-state index < -0.39 is 0 Å². The van der Waals surface area contributed by atoms with Crippen LogP contribution in [0.1, 0.15) is 19.3 Å². The van der Waals surface area contributed by atoms with Crippen LogP contribution >= 0.6 is 0 Å². The Morgan fingerprint density at radius 1 is 1.32 bits per heavy atom. The summed E-state index contributed by atoms with van der Waals surface area (Å²) in [4.78, 5) is 32.3. The fourth-order valence-corrected chi connectivity index (χ4v) is 4.01. The summed E-state index contributed by atoms with van der Waals surface area (Å²) in [5.41, 5.74) is 0.343. The number of carbonyl (C=O) groups is 2. The van der Waals surface area contributed by atoms with Gasteiger partial charge in [0.15, 0.2) is 11.6 Å². The molecule has 2 amide bonds. The van der Waals surface area contributed by atoms with Gasteiger partial charge in [-0.1, -0.05) is 0 Å². The second kappa shape index (κ2) is 6.09. The van der Waals surface area contributed by atoms with Crippen molar-refractivity contribution < 1.29 is 19.1 Å². The first-order chi connectivity index (χ1) is 12.1. The lowest BCUT2D eigenvalue weighted by Gasteiger charge is -2.39. The number of amides is 2. The van der Waals surface area contributed by atoms with Gasteiger partial charge in [-0.05, 0) is 19.3 Å². The maximum Gasteiger partial charge on any atom is 0.414 e. The monoisotopic (exact) mass is 346 g/mol. The van der Waals surface area contributed by atoms with Gasteiger partial charge in [0.05, 0.1) is 31.0 Å². The smallest absolute Gasteiger partial charge is 0.414 e. The first-order valence-corrected chi connectivity index (χ1v) is 8.64. The molecule has 25 heavy (non-hydrogen) atoms. The minimum absolute atomic E-state index is 0.146. The normalized spacial score (nSPS) is 26.1. The minimum Gasteiger partial charge on any atom is -0.493 e. The Morgan fingerprint density at radius 2 is 2.20 bits per heavy atom. The van der Waals surface area contributed by atoms with Crippen LogP contribution < -0.4 is 19.9 Å². The van der Waals surface area contributed by atoms with E-state index in [1.807, 2.05) is 6.07 Å². The molecule has 0 bridgehead atoms. The molecular weight excluding hydrogens is 324 g/mol. The Kier molecular flexibility index (Phi) is 3.89. The molecule has 8 heteroatoms. The van der Waals surface area contributed by atoms with Crippen LogP contribution in [-0.4, -0.2) is 56.9 Å². The third-order valence-electron chi connectivity index (χ3n) is 5.36. The average Bonchev–Trinajstić information content (AvgIpc) is 3.21. The highest BCUT2D eigenvalue weighted by atomic mass is 16.6. The zero-order chi connectivity index (χ0) is 17.4. The topological polar surface area (TPSA) is 84.0 Å². The summed E-state index contributed by atoms with van der Waals surface area (Å²) < 4.78 is 10.5. The summed E-state index contributed by atoms with van der Waals surface area (Å²) in [6.45, 7) is 3.12. The second-order valence-electron chi connectivity index (χ2n) is 6.80. The Hall–Kier alpha value is -2.51. The van der Waals surface area contributed by atoms with E-state index in [4.69, 9.17) is 9.47 Å². The van der Waals surface area contributed by atoms with Crippen molar-refractivity contribution in [3.8, 4) is 5.75 Å². The molecule has 4 rings (SSSR count). The van der Waals surface area contributed by atoms with Crippen molar-refractivity contribution >= 4 is 23.5 Å². The number of hydrogen-bond donors (Lipinski definition) is 1. The van der Waals surface area contributed by atoms with Gasteiger partial charge in [0.1, 0.15) is 6.61 Å². The van der Waals surface area contributed by atoms with E-state index in [0.717, 1.165) is 38.2 Å². The van der Waals surface area contributed by atoms with Gasteiger partial charge in [0.25, 0.3) is 0 Å². The molecule has 134 valence electrons. The van der Waals surface area contributed by atoms with Gasteiger partial charge < -0.3 is 19.7 Å². The predicted molar refractivity (Wildman–Crippen MR) is 91.0 cm³/mol. The first-order valence-electron chi connectivity index (χ1n) is 8.64. The lowest BCUT2D eigenvalue weighted by molar-refractivity contribution is -0.128. The quantitative estimate of drug-likeness (QED) is 0.884. The highest BCUT2D eigenvalue weighted by molar-refractivity contribution is 5.90. The largest absolute Gasteiger partial charge is 0.493 e. The van der Waals surface area contributed by atoms with Crippen LogP contribution in [0.3, 0.4) is 0 Å². The van der Waals surface area contributed by atoms with Crippen LogP contribution in [0.15, 0.2) is 12.3 Å². The zero-order valence-electron chi connectivity index (χ0n) is 14.3. The SMILES string of the molecule is COc1cc(N2CCOC2=O)cnc1N1CCCC2(CCNC2=O)C1. The van der Waals surface area contributed by atoms with Crippen molar-refractivity contribution in [1.29, 1.82) is 0 Å². The molecule has 3 fully saturated rings. The number of piperidine rings is 1. The van der Waals surface area contributed by atoms with Gasteiger partial charge in [0.2, 0.25) is 5.91 Å². The molecule has 3 aliphatic rings. The number of anilines is 2. The number of pyridine rings is 1. The minimum atomic E-state index is -0.365. The third-order valence-corrected chi connectivity index (χ3v) is 5.36. The third kappa shape index (κ3) is 2.65. The van der Waals surface area contributed by atoms with Gasteiger partial charge in [-0.25, -0.2) is 9.78 Å². The van der Waals surface area contributed by atoms with Crippen LogP contribution in [0.25, 0.3) is 0 Å². The van der Waals surface area contributed by atoms with Crippen LogP contribution in [-0.2, 0) is 9.53 Å². The number of rotatable bonds is 3. The number of ether oxygens (including phenoxy) is 2. The van der Waals surface area contributed by atoms with Crippen molar-refractivity contribution in [3.05, 3.63) is 12.3 Å². The molecule has 4 heterocycles. The average molecular weight is 346 g/mol. The molecule has 3 aliphatic heterocycles. The van der Waals surface area contributed by atoms with E-state index in [1.165, 1.54) is 0 Å². The summed E-state index contributed by atoms with van der Waals surface area (Å²) in [5.74, 6) is 1.47. The van der Waals surface area contributed by atoms with Gasteiger partial charge in [-0.3, -0.25) is 9.69 Å². The number of hydrogen-bond acceptors (Lipinski definition) is 6. The van der Waals surface area contributed by atoms with Crippen LogP contribution in [0, 0.1) is 5.41 Å². The van der Waals surface area contributed by atoms with E-state index in [1.54, 1.807) is 18.2 Å². The molecule has 0 radical (unpaired) electrons. The second-order valence-corrected chi connectivity index (χ2v) is 6.80. The van der Waals surface area contributed by atoms with E-state index >= 15 is 0 Å². The van der Waals surface area contributed by atoms with Gasteiger partial charge in [0, 0.05) is 25.7 Å². The number of nitrogens with zero attached hydrogens (tertiary/aromatic N) is 3. The molecule has 0 saturated carbocycles. The molecule has 1 spiro atoms. The van der Waals surface area contributed by atoms with E-state index in [-0.39, 0.29) is 17.4 Å². The predicted octanol–water partition coefficient (Wildman–Crippen LogP) is 1.15. The molecule has 0 aromatic carbocycles. The Balaban J connectivity index is 1.61. The van der Waals surface area contributed by atoms with Crippen molar-refractivity contribution in [2.75, 3.05) is 49.7 Å². The standard InChI is InChI=1S/C17H22N4O4/c1-24-13-9-12(21-7-8-25-16(21)23)10-19-14(13)20-6-2-3-17(11-20)4-5-18-15(17)22/h9-10H,2-8,11H2,1H3,(H,18,22). The fourth-order valence-electron chi connectivity index (χ4n) is 4.01. The molecule has 1 aromatic rings. The Morgan fingerprint density at radius 3 is 2.88 bits per heavy atom. The maximum absolute atomic E-state index is 12.3. The summed E-state index contributed by atoms with van der Waals surface area (Å²) in [6, 6.07) is 1.81. The fraction of sp³-hybridized carbons (Fsp3) is 0.588. The number of methoxy groups -OCH3 is 1. The van der Waals surface area contributed by atoms with Crippen LogP contribution in [0.4, 0.5) is 16.3 Å². The van der Waals surface area contributed by atoms with E-state index in [2.05, 4.69) is 15.2 Å². The number of nitrogens with one attached hydrogen (secondary N) is 1.